The molecular formula is C15H19N3O2. The molecule has 5 heteroatoms. The highest BCUT2D eigenvalue weighted by Crippen LogP contribution is 2.28. The van der Waals surface area contributed by atoms with E-state index in [4.69, 9.17) is 4.74 Å². The fourth-order valence-electron chi connectivity index (χ4n) is 2.16. The first-order valence-electron chi connectivity index (χ1n) is 6.68. The standard InChI is InChI=1S/C15H19N3O2/c1-4-18(5-2)13-10-14(19)16-17-15(13)11-6-8-12(20-3)9-7-11/h6-10H,4-5H2,1-3H3,(H,16,19). The van der Waals surface area contributed by atoms with Crippen LogP contribution >= 0.6 is 0 Å². The van der Waals surface area contributed by atoms with E-state index >= 15 is 0 Å². The number of rotatable bonds is 5. The Balaban J connectivity index is 2.51. The van der Waals surface area contributed by atoms with Crippen LogP contribution in [-0.2, 0) is 0 Å². The normalized spacial score (nSPS) is 10.3. The van der Waals surface area contributed by atoms with Gasteiger partial charge in [-0.15, -0.1) is 0 Å². The van der Waals surface area contributed by atoms with E-state index in [0.717, 1.165) is 35.8 Å². The van der Waals surface area contributed by atoms with E-state index in [-0.39, 0.29) is 5.56 Å². The van der Waals surface area contributed by atoms with Crippen molar-refractivity contribution in [2.75, 3.05) is 25.1 Å². The molecule has 0 aliphatic rings. The minimum atomic E-state index is -0.191. The second-order valence-corrected chi connectivity index (χ2v) is 4.37. The van der Waals surface area contributed by atoms with Crippen LogP contribution in [0.4, 0.5) is 5.69 Å². The Kier molecular flexibility index (Phi) is 4.40. The molecule has 5 nitrogen and oxygen atoms in total. The van der Waals surface area contributed by atoms with Gasteiger partial charge in [0.25, 0.3) is 5.56 Å². The van der Waals surface area contributed by atoms with E-state index in [1.807, 2.05) is 24.3 Å². The second kappa shape index (κ2) is 6.23. The smallest absolute Gasteiger partial charge is 0.266 e. The third kappa shape index (κ3) is 2.82. The van der Waals surface area contributed by atoms with Crippen LogP contribution in [0.15, 0.2) is 35.1 Å². The summed E-state index contributed by atoms with van der Waals surface area (Å²) < 4.78 is 5.16. The molecule has 20 heavy (non-hydrogen) atoms. The summed E-state index contributed by atoms with van der Waals surface area (Å²) in [6.45, 7) is 5.76. The lowest BCUT2D eigenvalue weighted by Gasteiger charge is -2.22. The summed E-state index contributed by atoms with van der Waals surface area (Å²) in [5.74, 6) is 0.794. The molecule has 0 unspecified atom stereocenters. The molecule has 0 atom stereocenters. The number of benzene rings is 1. The SMILES string of the molecule is CCN(CC)c1cc(=O)[nH]nc1-c1ccc(OC)cc1. The molecule has 0 aliphatic carbocycles. The summed E-state index contributed by atoms with van der Waals surface area (Å²) in [4.78, 5) is 13.7. The van der Waals surface area contributed by atoms with Crippen molar-refractivity contribution in [2.45, 2.75) is 13.8 Å². The number of H-pyrrole nitrogens is 1. The highest BCUT2D eigenvalue weighted by molar-refractivity contribution is 5.74. The fourth-order valence-corrected chi connectivity index (χ4v) is 2.16. The van der Waals surface area contributed by atoms with Crippen molar-refractivity contribution in [1.82, 2.24) is 10.2 Å². The highest BCUT2D eigenvalue weighted by atomic mass is 16.5. The third-order valence-electron chi connectivity index (χ3n) is 3.26. The van der Waals surface area contributed by atoms with Crippen LogP contribution < -0.4 is 15.2 Å². The molecular weight excluding hydrogens is 254 g/mol. The van der Waals surface area contributed by atoms with E-state index in [1.54, 1.807) is 13.2 Å². The Morgan fingerprint density at radius 3 is 2.40 bits per heavy atom. The van der Waals surface area contributed by atoms with Gasteiger partial charge >= 0.3 is 0 Å². The quantitative estimate of drug-likeness (QED) is 0.908. The highest BCUT2D eigenvalue weighted by Gasteiger charge is 2.13. The van der Waals surface area contributed by atoms with Crippen molar-refractivity contribution in [3.05, 3.63) is 40.7 Å². The monoisotopic (exact) mass is 273 g/mol. The summed E-state index contributed by atoms with van der Waals surface area (Å²) in [5, 5.41) is 6.71. The topological polar surface area (TPSA) is 58.2 Å². The average molecular weight is 273 g/mol. The van der Waals surface area contributed by atoms with Crippen molar-refractivity contribution in [2.24, 2.45) is 0 Å². The first kappa shape index (κ1) is 14.1. The molecule has 0 radical (unpaired) electrons. The van der Waals surface area contributed by atoms with Gasteiger partial charge in [0.2, 0.25) is 0 Å². The lowest BCUT2D eigenvalue weighted by Crippen LogP contribution is -2.25. The first-order chi connectivity index (χ1) is 9.69. The molecule has 2 rings (SSSR count). The molecule has 0 saturated heterocycles. The molecule has 0 spiro atoms. The van der Waals surface area contributed by atoms with Crippen LogP contribution in [0.2, 0.25) is 0 Å². The number of aromatic amines is 1. The summed E-state index contributed by atoms with van der Waals surface area (Å²) >= 11 is 0. The van der Waals surface area contributed by atoms with Crippen molar-refractivity contribution >= 4 is 5.69 Å². The van der Waals surface area contributed by atoms with E-state index in [2.05, 4.69) is 28.9 Å². The van der Waals surface area contributed by atoms with Crippen molar-refractivity contribution in [1.29, 1.82) is 0 Å². The van der Waals surface area contributed by atoms with Crippen LogP contribution in [0.3, 0.4) is 0 Å². The number of hydrogen-bond acceptors (Lipinski definition) is 4. The van der Waals surface area contributed by atoms with Gasteiger partial charge in [0.15, 0.2) is 0 Å². The van der Waals surface area contributed by atoms with Gasteiger partial charge in [0.05, 0.1) is 12.8 Å². The van der Waals surface area contributed by atoms with Crippen LogP contribution in [-0.4, -0.2) is 30.4 Å². The molecule has 0 amide bonds. The van der Waals surface area contributed by atoms with E-state index < -0.39 is 0 Å². The zero-order valence-electron chi connectivity index (χ0n) is 12.0. The van der Waals surface area contributed by atoms with Crippen molar-refractivity contribution in [3.8, 4) is 17.0 Å². The fraction of sp³-hybridized carbons (Fsp3) is 0.333. The van der Waals surface area contributed by atoms with Gasteiger partial charge in [-0.2, -0.15) is 5.10 Å². The zero-order chi connectivity index (χ0) is 14.5. The van der Waals surface area contributed by atoms with Gasteiger partial charge < -0.3 is 9.64 Å². The molecule has 0 aliphatic heterocycles. The number of nitrogens with zero attached hydrogens (tertiary/aromatic N) is 2. The maximum Gasteiger partial charge on any atom is 0.266 e. The Hall–Kier alpha value is -2.30. The molecule has 0 saturated carbocycles. The van der Waals surface area contributed by atoms with Crippen LogP contribution in [0.1, 0.15) is 13.8 Å². The minimum Gasteiger partial charge on any atom is -0.497 e. The van der Waals surface area contributed by atoms with Crippen LogP contribution in [0, 0.1) is 0 Å². The lowest BCUT2D eigenvalue weighted by molar-refractivity contribution is 0.415. The summed E-state index contributed by atoms with van der Waals surface area (Å²) in [7, 11) is 1.63. The van der Waals surface area contributed by atoms with E-state index in [1.165, 1.54) is 0 Å². The zero-order valence-corrected chi connectivity index (χ0v) is 12.0. The predicted octanol–water partition coefficient (Wildman–Crippen LogP) is 2.29. The lowest BCUT2D eigenvalue weighted by atomic mass is 10.1. The number of nitrogens with one attached hydrogen (secondary N) is 1. The Morgan fingerprint density at radius 1 is 1.20 bits per heavy atom. The van der Waals surface area contributed by atoms with Gasteiger partial charge in [-0.25, -0.2) is 5.10 Å². The van der Waals surface area contributed by atoms with Crippen molar-refractivity contribution in [3.63, 3.8) is 0 Å². The second-order valence-electron chi connectivity index (χ2n) is 4.37. The Bertz CT molecular complexity index is 616. The van der Waals surface area contributed by atoms with E-state index in [0.29, 0.717) is 0 Å². The average Bonchev–Trinajstić information content (AvgIpc) is 2.49. The minimum absolute atomic E-state index is 0.191. The molecule has 106 valence electrons. The summed E-state index contributed by atoms with van der Waals surface area (Å²) in [6.07, 6.45) is 0. The van der Waals surface area contributed by atoms with Gasteiger partial charge in [0, 0.05) is 24.7 Å². The van der Waals surface area contributed by atoms with Crippen LogP contribution in [0.5, 0.6) is 5.75 Å². The summed E-state index contributed by atoms with van der Waals surface area (Å²) in [5.41, 5.74) is 2.38. The van der Waals surface area contributed by atoms with Crippen molar-refractivity contribution < 1.29 is 4.74 Å². The molecule has 1 heterocycles. The third-order valence-corrected chi connectivity index (χ3v) is 3.26. The number of anilines is 1. The Morgan fingerprint density at radius 2 is 1.85 bits per heavy atom. The number of methoxy groups -OCH3 is 1. The largest absolute Gasteiger partial charge is 0.497 e. The molecule has 1 aromatic carbocycles. The van der Waals surface area contributed by atoms with Gasteiger partial charge in [0.1, 0.15) is 11.4 Å². The molecule has 1 aromatic heterocycles. The molecule has 0 fully saturated rings. The number of hydrogen-bond donors (Lipinski definition) is 1. The predicted molar refractivity (Wildman–Crippen MR) is 80.4 cm³/mol. The maximum absolute atomic E-state index is 11.5. The molecule has 0 bridgehead atoms. The van der Waals surface area contributed by atoms with Gasteiger partial charge in [-0.1, -0.05) is 0 Å². The number of ether oxygens (including phenoxy) is 1. The van der Waals surface area contributed by atoms with Gasteiger partial charge in [-0.3, -0.25) is 4.79 Å². The summed E-state index contributed by atoms with van der Waals surface area (Å²) in [6, 6.07) is 9.24. The number of aromatic nitrogens is 2. The van der Waals surface area contributed by atoms with E-state index in [9.17, 15) is 4.79 Å². The van der Waals surface area contributed by atoms with Crippen LogP contribution in [0.25, 0.3) is 11.3 Å². The molecule has 1 N–H and O–H groups in total. The van der Waals surface area contributed by atoms with Gasteiger partial charge in [-0.05, 0) is 38.1 Å². The Labute approximate surface area is 118 Å². The maximum atomic E-state index is 11.5. The first-order valence-corrected chi connectivity index (χ1v) is 6.68. The molecule has 2 aromatic rings.